The highest BCUT2D eigenvalue weighted by atomic mass is 32.1. The summed E-state index contributed by atoms with van der Waals surface area (Å²) in [7, 11) is 0. The molecule has 1 aliphatic heterocycles. The summed E-state index contributed by atoms with van der Waals surface area (Å²) >= 11 is 4.72. The predicted octanol–water partition coefficient (Wildman–Crippen LogP) is 1.18. The largest absolute Gasteiger partial charge is 0.254 e. The number of aliphatic imine (C=N–C) groups is 1. The van der Waals surface area contributed by atoms with Gasteiger partial charge >= 0.3 is 0 Å². The maximum Gasteiger partial charge on any atom is 0.103 e. The van der Waals surface area contributed by atoms with Crippen molar-refractivity contribution in [2.24, 2.45) is 4.99 Å². The van der Waals surface area contributed by atoms with Crippen LogP contribution in [0.3, 0.4) is 0 Å². The van der Waals surface area contributed by atoms with Crippen molar-refractivity contribution < 1.29 is 0 Å². The van der Waals surface area contributed by atoms with Gasteiger partial charge in [0, 0.05) is 12.6 Å². The van der Waals surface area contributed by atoms with Gasteiger partial charge in [-0.15, -0.1) is 0 Å². The van der Waals surface area contributed by atoms with Gasteiger partial charge in [-0.2, -0.15) is 0 Å². The van der Waals surface area contributed by atoms with Gasteiger partial charge in [0.1, 0.15) is 4.99 Å². The first-order valence-corrected chi connectivity index (χ1v) is 2.36. The smallest absolute Gasteiger partial charge is 0.103 e. The Balaban J connectivity index is 2.59. The van der Waals surface area contributed by atoms with Crippen LogP contribution >= 0.6 is 12.2 Å². The van der Waals surface area contributed by atoms with Crippen molar-refractivity contribution in [1.29, 1.82) is 0 Å². The van der Waals surface area contributed by atoms with E-state index in [9.17, 15) is 0 Å². The summed E-state index contributed by atoms with van der Waals surface area (Å²) in [5.74, 6) is 0. The standard InChI is InChI=1S/C4H5NS/c6-4-2-1-3-5-4/h3H,1-2H2. The first kappa shape index (κ1) is 3.93. The van der Waals surface area contributed by atoms with Gasteiger partial charge in [-0.3, -0.25) is 4.99 Å². The zero-order valence-corrected chi connectivity index (χ0v) is 4.16. The molecule has 0 atom stereocenters. The van der Waals surface area contributed by atoms with Crippen LogP contribution in [0.5, 0.6) is 0 Å². The van der Waals surface area contributed by atoms with E-state index in [1.807, 2.05) is 6.21 Å². The fourth-order valence-electron chi connectivity index (χ4n) is 0.419. The van der Waals surface area contributed by atoms with Crippen molar-refractivity contribution in [2.75, 3.05) is 0 Å². The van der Waals surface area contributed by atoms with E-state index < -0.39 is 0 Å². The molecule has 0 fully saturated rings. The maximum absolute atomic E-state index is 4.72. The van der Waals surface area contributed by atoms with Gasteiger partial charge in [-0.25, -0.2) is 0 Å². The molecule has 0 aromatic heterocycles. The molecule has 0 N–H and O–H groups in total. The normalized spacial score (nSPS) is 19.7. The van der Waals surface area contributed by atoms with Gasteiger partial charge in [0.05, 0.1) is 0 Å². The number of nitrogens with zero attached hydrogens (tertiary/aromatic N) is 1. The van der Waals surface area contributed by atoms with Crippen molar-refractivity contribution in [2.45, 2.75) is 12.8 Å². The van der Waals surface area contributed by atoms with Crippen molar-refractivity contribution in [1.82, 2.24) is 0 Å². The Kier molecular flexibility index (Phi) is 0.965. The average Bonchev–Trinajstić information content (AvgIpc) is 1.86. The molecule has 0 saturated heterocycles. The second kappa shape index (κ2) is 1.47. The first-order valence-electron chi connectivity index (χ1n) is 1.95. The lowest BCUT2D eigenvalue weighted by molar-refractivity contribution is 1.23. The van der Waals surface area contributed by atoms with E-state index in [1.54, 1.807) is 0 Å². The summed E-state index contributed by atoms with van der Waals surface area (Å²) in [4.78, 5) is 4.70. The van der Waals surface area contributed by atoms with Crippen molar-refractivity contribution in [3.63, 3.8) is 0 Å². The molecule has 0 spiro atoms. The van der Waals surface area contributed by atoms with Crippen LogP contribution in [-0.2, 0) is 0 Å². The molecule has 0 unspecified atom stereocenters. The Morgan fingerprint density at radius 3 is 2.83 bits per heavy atom. The van der Waals surface area contributed by atoms with Crippen LogP contribution in [0.4, 0.5) is 0 Å². The minimum Gasteiger partial charge on any atom is -0.254 e. The molecule has 0 aliphatic carbocycles. The molecule has 6 heavy (non-hydrogen) atoms. The Hall–Kier alpha value is -0.240. The molecular weight excluding hydrogens is 94.1 g/mol. The molecule has 1 aliphatic rings. The quantitative estimate of drug-likeness (QED) is 0.415. The van der Waals surface area contributed by atoms with Crippen LogP contribution in [-0.4, -0.2) is 11.2 Å². The molecule has 0 aromatic carbocycles. The number of rotatable bonds is 0. The zero-order chi connectivity index (χ0) is 4.41. The Bertz CT molecular complexity index is 95.7. The van der Waals surface area contributed by atoms with Gasteiger partial charge in [-0.05, 0) is 6.42 Å². The fourth-order valence-corrected chi connectivity index (χ4v) is 0.611. The highest BCUT2D eigenvalue weighted by Gasteiger charge is 1.95. The van der Waals surface area contributed by atoms with Crippen molar-refractivity contribution in [3.05, 3.63) is 0 Å². The topological polar surface area (TPSA) is 12.4 Å². The summed E-state index contributed by atoms with van der Waals surface area (Å²) in [6.07, 6.45) is 3.91. The van der Waals surface area contributed by atoms with E-state index in [1.165, 1.54) is 0 Å². The van der Waals surface area contributed by atoms with E-state index in [0.29, 0.717) is 0 Å². The van der Waals surface area contributed by atoms with E-state index in [4.69, 9.17) is 12.2 Å². The second-order valence-corrected chi connectivity index (χ2v) is 1.72. The third kappa shape index (κ3) is 0.627. The molecule has 0 bridgehead atoms. The van der Waals surface area contributed by atoms with Crippen LogP contribution in [0.15, 0.2) is 4.99 Å². The number of hydrogen-bond donors (Lipinski definition) is 0. The second-order valence-electron chi connectivity index (χ2n) is 1.24. The van der Waals surface area contributed by atoms with Crippen LogP contribution in [0.1, 0.15) is 12.8 Å². The van der Waals surface area contributed by atoms with Crippen LogP contribution in [0.25, 0.3) is 0 Å². The maximum atomic E-state index is 4.72. The monoisotopic (exact) mass is 99.0 g/mol. The summed E-state index contributed by atoms with van der Waals surface area (Å²) in [6.45, 7) is 0. The zero-order valence-electron chi connectivity index (χ0n) is 3.35. The Morgan fingerprint density at radius 2 is 2.67 bits per heavy atom. The summed E-state index contributed by atoms with van der Waals surface area (Å²) in [5.41, 5.74) is 0. The van der Waals surface area contributed by atoms with Gasteiger partial charge < -0.3 is 0 Å². The van der Waals surface area contributed by atoms with E-state index in [0.717, 1.165) is 17.8 Å². The average molecular weight is 99.2 g/mol. The fraction of sp³-hybridized carbons (Fsp3) is 0.500. The van der Waals surface area contributed by atoms with Gasteiger partial charge in [-0.1, -0.05) is 12.2 Å². The summed E-state index contributed by atoms with van der Waals surface area (Å²) < 4.78 is 0. The minimum atomic E-state index is 0.856. The lowest BCUT2D eigenvalue weighted by Crippen LogP contribution is -1.74. The first-order chi connectivity index (χ1) is 2.89. The number of thiocarbonyl (C=S) groups is 1. The lowest BCUT2D eigenvalue weighted by atomic mass is 10.4. The van der Waals surface area contributed by atoms with Crippen LogP contribution in [0.2, 0.25) is 0 Å². The highest BCUT2D eigenvalue weighted by Crippen LogP contribution is 1.98. The third-order valence-electron chi connectivity index (χ3n) is 0.723. The molecular formula is C4H5NS. The van der Waals surface area contributed by atoms with Gasteiger partial charge in [0.15, 0.2) is 0 Å². The van der Waals surface area contributed by atoms with Crippen molar-refractivity contribution >= 4 is 23.4 Å². The third-order valence-corrected chi connectivity index (χ3v) is 1.03. The molecule has 1 heterocycles. The molecule has 1 nitrogen and oxygen atoms in total. The summed E-state index contributed by atoms with van der Waals surface area (Å²) in [5, 5.41) is 0. The molecule has 1 rings (SSSR count). The number of hydrogen-bond acceptors (Lipinski definition) is 1. The molecule has 32 valence electrons. The molecule has 0 saturated carbocycles. The van der Waals surface area contributed by atoms with Gasteiger partial charge in [0.25, 0.3) is 0 Å². The van der Waals surface area contributed by atoms with Crippen molar-refractivity contribution in [3.8, 4) is 0 Å². The molecule has 0 radical (unpaired) electrons. The highest BCUT2D eigenvalue weighted by molar-refractivity contribution is 7.80. The lowest BCUT2D eigenvalue weighted by Gasteiger charge is -1.73. The van der Waals surface area contributed by atoms with E-state index in [2.05, 4.69) is 4.99 Å². The molecule has 2 heteroatoms. The Morgan fingerprint density at radius 1 is 1.83 bits per heavy atom. The molecule has 0 aromatic rings. The van der Waals surface area contributed by atoms with E-state index >= 15 is 0 Å². The molecule has 0 amide bonds. The summed E-state index contributed by atoms with van der Waals surface area (Å²) in [6, 6.07) is 0. The van der Waals surface area contributed by atoms with Crippen LogP contribution < -0.4 is 0 Å². The van der Waals surface area contributed by atoms with Gasteiger partial charge in [0.2, 0.25) is 0 Å². The van der Waals surface area contributed by atoms with E-state index in [-0.39, 0.29) is 0 Å². The van der Waals surface area contributed by atoms with Crippen LogP contribution in [0, 0.1) is 0 Å². The minimum absolute atomic E-state index is 0.856. The predicted molar refractivity (Wildman–Crippen MR) is 30.3 cm³/mol. The SMILES string of the molecule is S=C1CCC=N1. The Labute approximate surface area is 42.1 Å².